The van der Waals surface area contributed by atoms with E-state index in [-0.39, 0.29) is 11.9 Å². The second kappa shape index (κ2) is 10.6. The van der Waals surface area contributed by atoms with E-state index < -0.39 is 0 Å². The minimum Gasteiger partial charge on any atom is -0.493 e. The van der Waals surface area contributed by atoms with Crippen molar-refractivity contribution in [3.63, 3.8) is 0 Å². The predicted molar refractivity (Wildman–Crippen MR) is 96.9 cm³/mol. The van der Waals surface area contributed by atoms with Crippen LogP contribution in [0.5, 0.6) is 17.2 Å². The summed E-state index contributed by atoms with van der Waals surface area (Å²) in [7, 11) is 4.69. The summed E-state index contributed by atoms with van der Waals surface area (Å²) in [6.07, 6.45) is 7.77. The van der Waals surface area contributed by atoms with Gasteiger partial charge in [0.25, 0.3) is 0 Å². The van der Waals surface area contributed by atoms with E-state index in [1.807, 2.05) is 6.92 Å². The lowest BCUT2D eigenvalue weighted by Crippen LogP contribution is -2.30. The van der Waals surface area contributed by atoms with Crippen molar-refractivity contribution in [2.75, 3.05) is 21.3 Å². The zero-order valence-corrected chi connectivity index (χ0v) is 15.3. The Balaban J connectivity index is 2.74. The smallest absolute Gasteiger partial charge is 0.244 e. The monoisotopic (exact) mass is 335 g/mol. The zero-order valence-electron chi connectivity index (χ0n) is 15.3. The topological polar surface area (TPSA) is 56.8 Å². The fourth-order valence-corrected chi connectivity index (χ4v) is 2.43. The van der Waals surface area contributed by atoms with Gasteiger partial charge in [-0.05, 0) is 37.1 Å². The quantitative estimate of drug-likeness (QED) is 0.522. The number of hydrogen-bond donors (Lipinski definition) is 1. The Morgan fingerprint density at radius 2 is 1.75 bits per heavy atom. The molecule has 1 aromatic carbocycles. The van der Waals surface area contributed by atoms with Crippen molar-refractivity contribution in [1.29, 1.82) is 0 Å². The number of unbranched alkanes of at least 4 members (excludes halogenated alkanes) is 2. The van der Waals surface area contributed by atoms with Gasteiger partial charge in [-0.2, -0.15) is 0 Å². The van der Waals surface area contributed by atoms with E-state index >= 15 is 0 Å². The predicted octanol–water partition coefficient (Wildman–Crippen LogP) is 3.81. The van der Waals surface area contributed by atoms with Crippen molar-refractivity contribution >= 4 is 12.0 Å². The van der Waals surface area contributed by atoms with Gasteiger partial charge in [-0.15, -0.1) is 0 Å². The van der Waals surface area contributed by atoms with Crippen LogP contribution in [0.25, 0.3) is 6.08 Å². The van der Waals surface area contributed by atoms with E-state index in [2.05, 4.69) is 12.2 Å². The molecule has 1 amide bonds. The molecule has 0 heterocycles. The average molecular weight is 335 g/mol. The molecular weight excluding hydrogens is 306 g/mol. The van der Waals surface area contributed by atoms with Crippen LogP contribution in [0.1, 0.15) is 45.1 Å². The van der Waals surface area contributed by atoms with Crippen LogP contribution < -0.4 is 19.5 Å². The van der Waals surface area contributed by atoms with Gasteiger partial charge in [0, 0.05) is 12.1 Å². The van der Waals surface area contributed by atoms with Crippen LogP contribution >= 0.6 is 0 Å². The van der Waals surface area contributed by atoms with Crippen LogP contribution in [0.15, 0.2) is 18.2 Å². The fourth-order valence-electron chi connectivity index (χ4n) is 2.43. The number of methoxy groups -OCH3 is 3. The third-order valence-electron chi connectivity index (χ3n) is 3.74. The lowest BCUT2D eigenvalue weighted by atomic mass is 10.1. The van der Waals surface area contributed by atoms with Gasteiger partial charge in [0.2, 0.25) is 11.7 Å². The second-order valence-electron chi connectivity index (χ2n) is 5.70. The highest BCUT2D eigenvalue weighted by atomic mass is 16.5. The molecule has 1 atom stereocenters. The Bertz CT molecular complexity index is 529. The van der Waals surface area contributed by atoms with Crippen LogP contribution in [0.3, 0.4) is 0 Å². The van der Waals surface area contributed by atoms with Crippen LogP contribution in [-0.4, -0.2) is 33.3 Å². The summed E-state index contributed by atoms with van der Waals surface area (Å²) >= 11 is 0. The van der Waals surface area contributed by atoms with Crippen molar-refractivity contribution in [1.82, 2.24) is 5.32 Å². The number of rotatable bonds is 10. The minimum absolute atomic E-state index is 0.104. The molecule has 0 radical (unpaired) electrons. The number of amides is 1. The Kier molecular flexibility index (Phi) is 8.76. The third-order valence-corrected chi connectivity index (χ3v) is 3.74. The molecule has 0 aliphatic carbocycles. The summed E-state index contributed by atoms with van der Waals surface area (Å²) in [5.74, 6) is 1.55. The van der Waals surface area contributed by atoms with E-state index in [9.17, 15) is 4.79 Å². The lowest BCUT2D eigenvalue weighted by molar-refractivity contribution is -0.117. The molecule has 0 saturated heterocycles. The molecule has 1 aromatic rings. The fraction of sp³-hybridized carbons (Fsp3) is 0.526. The Labute approximate surface area is 145 Å². The number of carbonyl (C=O) groups excluding carboxylic acids is 1. The average Bonchev–Trinajstić information content (AvgIpc) is 2.59. The van der Waals surface area contributed by atoms with Gasteiger partial charge in [0.05, 0.1) is 21.3 Å². The number of ether oxygens (including phenoxy) is 3. The van der Waals surface area contributed by atoms with E-state index in [0.29, 0.717) is 17.2 Å². The lowest BCUT2D eigenvalue weighted by Gasteiger charge is -2.13. The maximum atomic E-state index is 12.0. The van der Waals surface area contributed by atoms with E-state index in [0.717, 1.165) is 18.4 Å². The summed E-state index contributed by atoms with van der Waals surface area (Å²) in [6.45, 7) is 4.20. The highest BCUT2D eigenvalue weighted by Crippen LogP contribution is 2.38. The first-order chi connectivity index (χ1) is 11.5. The van der Waals surface area contributed by atoms with Gasteiger partial charge >= 0.3 is 0 Å². The summed E-state index contributed by atoms with van der Waals surface area (Å²) in [5.41, 5.74) is 0.804. The minimum atomic E-state index is -0.104. The SMILES string of the molecule is CCCCCC(C)NC(=O)/C=C/c1cc(OC)c(OC)c(OC)c1. The highest BCUT2D eigenvalue weighted by molar-refractivity contribution is 5.92. The first-order valence-corrected chi connectivity index (χ1v) is 8.34. The maximum Gasteiger partial charge on any atom is 0.244 e. The standard InChI is InChI=1S/C19H29NO4/c1-6-7-8-9-14(2)20-18(21)11-10-15-12-16(22-3)19(24-5)17(13-15)23-4/h10-14H,6-9H2,1-5H3,(H,20,21)/b11-10+. The van der Waals surface area contributed by atoms with Crippen molar-refractivity contribution < 1.29 is 19.0 Å². The first kappa shape index (κ1) is 19.9. The van der Waals surface area contributed by atoms with Gasteiger partial charge in [-0.25, -0.2) is 0 Å². The van der Waals surface area contributed by atoms with E-state index in [1.165, 1.54) is 18.9 Å². The number of benzene rings is 1. The molecule has 0 fully saturated rings. The Morgan fingerprint density at radius 1 is 1.12 bits per heavy atom. The first-order valence-electron chi connectivity index (χ1n) is 8.34. The maximum absolute atomic E-state index is 12.0. The molecule has 5 heteroatoms. The number of carbonyl (C=O) groups is 1. The Hall–Kier alpha value is -2.17. The van der Waals surface area contributed by atoms with Gasteiger partial charge in [0.1, 0.15) is 0 Å². The second-order valence-corrected chi connectivity index (χ2v) is 5.70. The summed E-state index contributed by atoms with van der Waals surface area (Å²) in [5, 5.41) is 2.98. The van der Waals surface area contributed by atoms with Crippen molar-refractivity contribution in [2.45, 2.75) is 45.6 Å². The van der Waals surface area contributed by atoms with Crippen molar-refractivity contribution in [2.24, 2.45) is 0 Å². The van der Waals surface area contributed by atoms with Crippen LogP contribution in [0.4, 0.5) is 0 Å². The van der Waals surface area contributed by atoms with Crippen molar-refractivity contribution in [3.05, 3.63) is 23.8 Å². The van der Waals surface area contributed by atoms with E-state index in [1.54, 1.807) is 39.5 Å². The molecule has 1 N–H and O–H groups in total. The summed E-state index contributed by atoms with van der Waals surface area (Å²) in [4.78, 5) is 12.0. The molecular formula is C19H29NO4. The molecule has 0 aromatic heterocycles. The van der Waals surface area contributed by atoms with Crippen LogP contribution in [-0.2, 0) is 4.79 Å². The molecule has 1 unspecified atom stereocenters. The van der Waals surface area contributed by atoms with Gasteiger partial charge in [0.15, 0.2) is 11.5 Å². The van der Waals surface area contributed by atoms with Gasteiger partial charge < -0.3 is 19.5 Å². The molecule has 0 aliphatic rings. The number of hydrogen-bond acceptors (Lipinski definition) is 4. The van der Waals surface area contributed by atoms with E-state index in [4.69, 9.17) is 14.2 Å². The molecule has 24 heavy (non-hydrogen) atoms. The molecule has 0 bridgehead atoms. The molecule has 5 nitrogen and oxygen atoms in total. The Morgan fingerprint density at radius 3 is 2.25 bits per heavy atom. The summed E-state index contributed by atoms with van der Waals surface area (Å²) < 4.78 is 15.9. The van der Waals surface area contributed by atoms with Gasteiger partial charge in [-0.1, -0.05) is 26.2 Å². The van der Waals surface area contributed by atoms with Crippen molar-refractivity contribution in [3.8, 4) is 17.2 Å². The third kappa shape index (κ3) is 6.14. The molecule has 134 valence electrons. The summed E-state index contributed by atoms with van der Waals surface area (Å²) in [6, 6.07) is 3.78. The largest absolute Gasteiger partial charge is 0.493 e. The van der Waals surface area contributed by atoms with Crippen LogP contribution in [0.2, 0.25) is 0 Å². The molecule has 0 aliphatic heterocycles. The normalized spacial score (nSPS) is 12.0. The number of nitrogens with one attached hydrogen (secondary N) is 1. The molecule has 0 spiro atoms. The van der Waals surface area contributed by atoms with Crippen LogP contribution in [0, 0.1) is 0 Å². The zero-order chi connectivity index (χ0) is 17.9. The molecule has 0 saturated carbocycles. The van der Waals surface area contributed by atoms with Gasteiger partial charge in [-0.3, -0.25) is 4.79 Å². The highest BCUT2D eigenvalue weighted by Gasteiger charge is 2.12. The molecule has 1 rings (SSSR count).